The molecule has 2 aromatic carbocycles. The van der Waals surface area contributed by atoms with Crippen LogP contribution in [-0.4, -0.2) is 30.8 Å². The van der Waals surface area contributed by atoms with Gasteiger partial charge in [0.15, 0.2) is 0 Å². The highest BCUT2D eigenvalue weighted by Gasteiger charge is 2.34. The Morgan fingerprint density at radius 1 is 1.12 bits per heavy atom. The quantitative estimate of drug-likeness (QED) is 0.791. The number of aryl methyl sites for hydroxylation is 1. The van der Waals surface area contributed by atoms with E-state index in [-0.39, 0.29) is 5.92 Å². The molecule has 0 bridgehead atoms. The molecule has 0 aliphatic carbocycles. The Kier molecular flexibility index (Phi) is 3.70. The number of nitrogens with zero attached hydrogens (tertiary/aromatic N) is 1. The summed E-state index contributed by atoms with van der Waals surface area (Å²) < 4.78 is 27.4. The molecule has 5 heteroatoms. The molecule has 0 amide bonds. The van der Waals surface area contributed by atoms with Gasteiger partial charge in [-0.05, 0) is 42.7 Å². The van der Waals surface area contributed by atoms with Crippen LogP contribution in [0.15, 0.2) is 59.6 Å². The Hall–Kier alpha value is -2.11. The average molecular weight is 340 g/mol. The molecule has 1 aromatic heterocycles. The Morgan fingerprint density at radius 3 is 2.79 bits per heavy atom. The van der Waals surface area contributed by atoms with Gasteiger partial charge in [0.05, 0.1) is 4.90 Å². The van der Waals surface area contributed by atoms with E-state index in [0.717, 1.165) is 17.5 Å². The van der Waals surface area contributed by atoms with Crippen LogP contribution in [0.2, 0.25) is 0 Å². The number of rotatable bonds is 3. The summed E-state index contributed by atoms with van der Waals surface area (Å²) in [6.07, 6.45) is 2.88. The van der Waals surface area contributed by atoms with E-state index in [4.69, 9.17) is 0 Å². The molecule has 1 aliphatic rings. The molecule has 1 unspecified atom stereocenters. The zero-order valence-corrected chi connectivity index (χ0v) is 14.4. The summed E-state index contributed by atoms with van der Waals surface area (Å²) in [6.45, 7) is 3.02. The predicted octanol–water partition coefficient (Wildman–Crippen LogP) is 3.65. The van der Waals surface area contributed by atoms with Crippen molar-refractivity contribution in [3.63, 3.8) is 0 Å². The number of fused-ring (bicyclic) bond motifs is 1. The molecule has 24 heavy (non-hydrogen) atoms. The van der Waals surface area contributed by atoms with Gasteiger partial charge in [-0.1, -0.05) is 30.3 Å². The first-order chi connectivity index (χ1) is 11.6. The van der Waals surface area contributed by atoms with Crippen LogP contribution in [0.25, 0.3) is 10.9 Å². The van der Waals surface area contributed by atoms with Crippen LogP contribution in [0.3, 0.4) is 0 Å². The number of nitrogens with one attached hydrogen (secondary N) is 1. The van der Waals surface area contributed by atoms with Crippen molar-refractivity contribution < 1.29 is 8.42 Å². The fourth-order valence-corrected chi connectivity index (χ4v) is 5.16. The first kappa shape index (κ1) is 15.4. The number of H-pyrrole nitrogens is 1. The average Bonchev–Trinajstić information content (AvgIpc) is 3.21. The summed E-state index contributed by atoms with van der Waals surface area (Å²) in [5.41, 5.74) is 3.28. The van der Waals surface area contributed by atoms with Crippen molar-refractivity contribution in [1.82, 2.24) is 9.29 Å². The van der Waals surface area contributed by atoms with Gasteiger partial charge in [0.2, 0.25) is 10.0 Å². The second-order valence-corrected chi connectivity index (χ2v) is 8.39. The molecule has 0 radical (unpaired) electrons. The maximum absolute atomic E-state index is 12.9. The van der Waals surface area contributed by atoms with Gasteiger partial charge in [-0.3, -0.25) is 0 Å². The van der Waals surface area contributed by atoms with Gasteiger partial charge in [-0.15, -0.1) is 0 Å². The van der Waals surface area contributed by atoms with Crippen LogP contribution in [0.1, 0.15) is 23.5 Å². The van der Waals surface area contributed by atoms with Crippen LogP contribution in [-0.2, 0) is 10.0 Å². The number of aromatic nitrogens is 1. The standard InChI is InChI=1S/C19H20N2O2S/c1-14-5-4-6-16(11-14)24(22,23)21-10-9-15(13-21)18-12-20-19-8-3-2-7-17(18)19/h2-8,11-12,15,20H,9-10,13H2,1H3. The van der Waals surface area contributed by atoms with Crippen LogP contribution >= 0.6 is 0 Å². The molecule has 4 nitrogen and oxygen atoms in total. The van der Waals surface area contributed by atoms with E-state index >= 15 is 0 Å². The third kappa shape index (κ3) is 2.54. The lowest BCUT2D eigenvalue weighted by atomic mass is 9.98. The molecular formula is C19H20N2O2S. The lowest BCUT2D eigenvalue weighted by molar-refractivity contribution is 0.473. The van der Waals surface area contributed by atoms with E-state index in [9.17, 15) is 8.42 Å². The lowest BCUT2D eigenvalue weighted by Gasteiger charge is -2.17. The fraction of sp³-hybridized carbons (Fsp3) is 0.263. The van der Waals surface area contributed by atoms with Gasteiger partial charge >= 0.3 is 0 Å². The normalized spacial score (nSPS) is 19.1. The van der Waals surface area contributed by atoms with Crippen molar-refractivity contribution in [2.24, 2.45) is 0 Å². The van der Waals surface area contributed by atoms with Gasteiger partial charge in [0.25, 0.3) is 0 Å². The van der Waals surface area contributed by atoms with Crippen LogP contribution in [0.4, 0.5) is 0 Å². The Balaban J connectivity index is 1.62. The van der Waals surface area contributed by atoms with Gasteiger partial charge in [0.1, 0.15) is 0 Å². The van der Waals surface area contributed by atoms with Crippen LogP contribution in [0.5, 0.6) is 0 Å². The summed E-state index contributed by atoms with van der Waals surface area (Å²) in [6, 6.07) is 15.3. The van der Waals surface area contributed by atoms with Crippen LogP contribution in [0, 0.1) is 6.92 Å². The Bertz CT molecular complexity index is 991. The Labute approximate surface area is 142 Å². The van der Waals surface area contributed by atoms with E-state index in [0.29, 0.717) is 18.0 Å². The van der Waals surface area contributed by atoms with Crippen molar-refractivity contribution in [3.8, 4) is 0 Å². The second-order valence-electron chi connectivity index (χ2n) is 6.45. The van der Waals surface area contributed by atoms with Gasteiger partial charge in [-0.25, -0.2) is 8.42 Å². The third-order valence-corrected chi connectivity index (χ3v) is 6.70. The molecule has 124 valence electrons. The molecule has 0 spiro atoms. The molecule has 2 heterocycles. The molecular weight excluding hydrogens is 320 g/mol. The van der Waals surface area contributed by atoms with Crippen molar-refractivity contribution in [2.45, 2.75) is 24.2 Å². The fourth-order valence-electron chi connectivity index (χ4n) is 3.56. The largest absolute Gasteiger partial charge is 0.361 e. The highest BCUT2D eigenvalue weighted by molar-refractivity contribution is 7.89. The van der Waals surface area contributed by atoms with E-state index in [2.05, 4.69) is 17.1 Å². The number of hydrogen-bond donors (Lipinski definition) is 1. The van der Waals surface area contributed by atoms with Crippen molar-refractivity contribution >= 4 is 20.9 Å². The van der Waals surface area contributed by atoms with E-state index in [1.807, 2.05) is 31.3 Å². The predicted molar refractivity (Wildman–Crippen MR) is 95.6 cm³/mol. The summed E-state index contributed by atoms with van der Waals surface area (Å²) in [5, 5.41) is 1.19. The summed E-state index contributed by atoms with van der Waals surface area (Å²) in [5.74, 6) is 0.237. The molecule has 0 saturated carbocycles. The molecule has 1 atom stereocenters. The van der Waals surface area contributed by atoms with Crippen molar-refractivity contribution in [3.05, 3.63) is 65.9 Å². The molecule has 4 rings (SSSR count). The SMILES string of the molecule is Cc1cccc(S(=O)(=O)N2CCC(c3c[nH]c4ccccc34)C2)c1. The van der Waals surface area contributed by atoms with Crippen LogP contribution < -0.4 is 0 Å². The molecule has 1 N–H and O–H groups in total. The van der Waals surface area contributed by atoms with Crippen molar-refractivity contribution in [1.29, 1.82) is 0 Å². The zero-order chi connectivity index (χ0) is 16.7. The van der Waals surface area contributed by atoms with Gasteiger partial charge in [0, 0.05) is 36.1 Å². The number of aromatic amines is 1. The molecule has 1 aliphatic heterocycles. The number of para-hydroxylation sites is 1. The number of hydrogen-bond acceptors (Lipinski definition) is 2. The second kappa shape index (κ2) is 5.76. The first-order valence-electron chi connectivity index (χ1n) is 8.18. The monoisotopic (exact) mass is 340 g/mol. The number of sulfonamides is 1. The lowest BCUT2D eigenvalue weighted by Crippen LogP contribution is -2.28. The molecule has 1 saturated heterocycles. The maximum Gasteiger partial charge on any atom is 0.243 e. The van der Waals surface area contributed by atoms with Gasteiger partial charge in [-0.2, -0.15) is 4.31 Å². The minimum absolute atomic E-state index is 0.237. The van der Waals surface area contributed by atoms with E-state index in [1.54, 1.807) is 22.5 Å². The van der Waals surface area contributed by atoms with Crippen molar-refractivity contribution in [2.75, 3.05) is 13.1 Å². The van der Waals surface area contributed by atoms with E-state index < -0.39 is 10.0 Å². The zero-order valence-electron chi connectivity index (χ0n) is 13.6. The summed E-state index contributed by atoms with van der Waals surface area (Å²) in [4.78, 5) is 3.68. The highest BCUT2D eigenvalue weighted by Crippen LogP contribution is 2.34. The minimum Gasteiger partial charge on any atom is -0.361 e. The number of benzene rings is 2. The molecule has 1 fully saturated rings. The minimum atomic E-state index is -3.42. The topological polar surface area (TPSA) is 53.2 Å². The maximum atomic E-state index is 12.9. The first-order valence-corrected chi connectivity index (χ1v) is 9.62. The highest BCUT2D eigenvalue weighted by atomic mass is 32.2. The van der Waals surface area contributed by atoms with E-state index in [1.165, 1.54) is 10.9 Å². The summed E-state index contributed by atoms with van der Waals surface area (Å²) in [7, 11) is -3.42. The smallest absolute Gasteiger partial charge is 0.243 e. The Morgan fingerprint density at radius 2 is 1.96 bits per heavy atom. The molecule has 3 aromatic rings. The summed E-state index contributed by atoms with van der Waals surface area (Å²) >= 11 is 0. The van der Waals surface area contributed by atoms with Gasteiger partial charge < -0.3 is 4.98 Å². The third-order valence-electron chi connectivity index (χ3n) is 4.84.